The van der Waals surface area contributed by atoms with Gasteiger partial charge in [0.25, 0.3) is 5.91 Å². The van der Waals surface area contributed by atoms with E-state index in [1.165, 1.54) is 16.2 Å². The van der Waals surface area contributed by atoms with Crippen molar-refractivity contribution in [1.82, 2.24) is 14.9 Å². The Bertz CT molecular complexity index is 1450. The summed E-state index contributed by atoms with van der Waals surface area (Å²) in [6, 6.07) is 19.9. The Hall–Kier alpha value is -3.62. The number of ketones is 1. The maximum atomic E-state index is 13.9. The second kappa shape index (κ2) is 9.56. The van der Waals surface area contributed by atoms with Gasteiger partial charge in [-0.15, -0.1) is 11.3 Å². The standard InChI is InChI=1S/C27H20BrN3O3S/c1-16-25(35-26(30-16)18-8-3-2-4-9-18)23(32)21-22(19-10-5-11-20(28)13-19)31(27(34)24(21)33)15-17-7-6-12-29-14-17/h2-14,22,33H,15H2,1H3. The molecule has 2 aromatic heterocycles. The third-order valence-electron chi connectivity index (χ3n) is 5.81. The first-order valence-corrected chi connectivity index (χ1v) is 12.5. The van der Waals surface area contributed by atoms with E-state index in [1.807, 2.05) is 60.7 Å². The van der Waals surface area contributed by atoms with Crippen LogP contribution in [-0.4, -0.2) is 31.7 Å². The smallest absolute Gasteiger partial charge is 0.290 e. The molecule has 174 valence electrons. The number of Topliss-reactive ketones (excluding diaryl/α,β-unsaturated/α-hetero) is 1. The Morgan fingerprint density at radius 2 is 1.91 bits per heavy atom. The number of benzene rings is 2. The van der Waals surface area contributed by atoms with Crippen LogP contribution >= 0.6 is 27.3 Å². The summed E-state index contributed by atoms with van der Waals surface area (Å²) in [5.41, 5.74) is 3.04. The van der Waals surface area contributed by atoms with Crippen LogP contribution in [0.15, 0.2) is 94.9 Å². The number of halogens is 1. The molecule has 0 bridgehead atoms. The van der Waals surface area contributed by atoms with E-state index in [9.17, 15) is 14.7 Å². The van der Waals surface area contributed by atoms with Crippen molar-refractivity contribution in [2.45, 2.75) is 19.5 Å². The third-order valence-corrected chi connectivity index (χ3v) is 7.51. The van der Waals surface area contributed by atoms with E-state index < -0.39 is 23.5 Å². The Morgan fingerprint density at radius 1 is 1.11 bits per heavy atom. The largest absolute Gasteiger partial charge is 0.503 e. The van der Waals surface area contributed by atoms with Crippen LogP contribution in [0, 0.1) is 6.92 Å². The maximum Gasteiger partial charge on any atom is 0.290 e. The van der Waals surface area contributed by atoms with Crippen LogP contribution in [0.25, 0.3) is 10.6 Å². The molecule has 0 saturated heterocycles. The first-order valence-electron chi connectivity index (χ1n) is 10.9. The first-order chi connectivity index (χ1) is 16.9. The quantitative estimate of drug-likeness (QED) is 0.298. The first kappa shape index (κ1) is 23.1. The number of carbonyl (C=O) groups excluding carboxylic acids is 2. The van der Waals surface area contributed by atoms with Crippen molar-refractivity contribution in [3.8, 4) is 10.6 Å². The lowest BCUT2D eigenvalue weighted by molar-refractivity contribution is -0.130. The number of rotatable bonds is 6. The molecule has 2 aromatic carbocycles. The molecule has 1 aliphatic heterocycles. The summed E-state index contributed by atoms with van der Waals surface area (Å²) in [4.78, 5) is 37.8. The molecule has 6 nitrogen and oxygen atoms in total. The van der Waals surface area contributed by atoms with Gasteiger partial charge in [-0.3, -0.25) is 14.6 Å². The van der Waals surface area contributed by atoms with E-state index in [1.54, 1.807) is 25.4 Å². The average molecular weight is 546 g/mol. The highest BCUT2D eigenvalue weighted by atomic mass is 79.9. The van der Waals surface area contributed by atoms with Crippen molar-refractivity contribution in [2.24, 2.45) is 0 Å². The topological polar surface area (TPSA) is 83.4 Å². The number of nitrogens with zero attached hydrogens (tertiary/aromatic N) is 3. The van der Waals surface area contributed by atoms with E-state index in [2.05, 4.69) is 25.9 Å². The molecule has 35 heavy (non-hydrogen) atoms. The zero-order valence-corrected chi connectivity index (χ0v) is 21.1. The summed E-state index contributed by atoms with van der Waals surface area (Å²) in [7, 11) is 0. The van der Waals surface area contributed by atoms with Crippen molar-refractivity contribution in [2.75, 3.05) is 0 Å². The van der Waals surface area contributed by atoms with Crippen LogP contribution in [0.3, 0.4) is 0 Å². The highest BCUT2D eigenvalue weighted by Gasteiger charge is 2.44. The van der Waals surface area contributed by atoms with Gasteiger partial charge in [-0.25, -0.2) is 4.98 Å². The molecule has 1 unspecified atom stereocenters. The summed E-state index contributed by atoms with van der Waals surface area (Å²) in [6.07, 6.45) is 3.32. The highest BCUT2D eigenvalue weighted by molar-refractivity contribution is 9.10. The van der Waals surface area contributed by atoms with Gasteiger partial charge in [0.1, 0.15) is 5.01 Å². The van der Waals surface area contributed by atoms with Gasteiger partial charge in [0.15, 0.2) is 5.76 Å². The summed E-state index contributed by atoms with van der Waals surface area (Å²) in [5.74, 6) is -1.52. The molecule has 8 heteroatoms. The van der Waals surface area contributed by atoms with Crippen molar-refractivity contribution >= 4 is 39.0 Å². The number of carbonyl (C=O) groups is 2. The molecule has 0 spiro atoms. The van der Waals surface area contributed by atoms with Crippen LogP contribution in [0.1, 0.15) is 32.5 Å². The predicted molar refractivity (Wildman–Crippen MR) is 138 cm³/mol. The zero-order chi connectivity index (χ0) is 24.5. The van der Waals surface area contributed by atoms with Crippen molar-refractivity contribution < 1.29 is 14.7 Å². The Labute approximate surface area is 214 Å². The van der Waals surface area contributed by atoms with E-state index in [4.69, 9.17) is 0 Å². The fourth-order valence-corrected chi connectivity index (χ4v) is 5.64. The van der Waals surface area contributed by atoms with E-state index >= 15 is 0 Å². The molecular weight excluding hydrogens is 526 g/mol. The van der Waals surface area contributed by atoms with Gasteiger partial charge < -0.3 is 10.0 Å². The molecule has 1 amide bonds. The Kier molecular flexibility index (Phi) is 6.32. The van der Waals surface area contributed by atoms with Gasteiger partial charge in [0.05, 0.1) is 22.2 Å². The molecule has 3 heterocycles. The normalized spacial score (nSPS) is 15.7. The lowest BCUT2D eigenvalue weighted by atomic mass is 9.95. The van der Waals surface area contributed by atoms with Crippen molar-refractivity contribution in [3.05, 3.63) is 117 Å². The number of aryl methyl sites for hydroxylation is 1. The molecule has 0 radical (unpaired) electrons. The molecular formula is C27H20BrN3O3S. The highest BCUT2D eigenvalue weighted by Crippen LogP contribution is 2.42. The van der Waals surface area contributed by atoms with E-state index in [-0.39, 0.29) is 12.1 Å². The van der Waals surface area contributed by atoms with Gasteiger partial charge in [-0.05, 0) is 36.2 Å². The van der Waals surface area contributed by atoms with Gasteiger partial charge in [0.2, 0.25) is 5.78 Å². The van der Waals surface area contributed by atoms with Crippen LogP contribution in [0.2, 0.25) is 0 Å². The van der Waals surface area contributed by atoms with Gasteiger partial charge in [-0.1, -0.05) is 64.5 Å². The van der Waals surface area contributed by atoms with E-state index in [0.717, 1.165) is 21.2 Å². The number of pyridine rings is 1. The maximum absolute atomic E-state index is 13.9. The minimum Gasteiger partial charge on any atom is -0.503 e. The van der Waals surface area contributed by atoms with Crippen molar-refractivity contribution in [1.29, 1.82) is 0 Å². The fraction of sp³-hybridized carbons (Fsp3) is 0.111. The van der Waals surface area contributed by atoms with E-state index in [0.29, 0.717) is 15.6 Å². The lowest BCUT2D eigenvalue weighted by Crippen LogP contribution is -2.30. The average Bonchev–Trinajstić information content (AvgIpc) is 3.38. The number of aliphatic hydroxyl groups is 1. The number of thiazole rings is 1. The molecule has 0 saturated carbocycles. The second-order valence-corrected chi connectivity index (χ2v) is 10.1. The number of amides is 1. The molecule has 1 atom stereocenters. The van der Waals surface area contributed by atoms with Gasteiger partial charge in [0, 0.05) is 29.0 Å². The zero-order valence-electron chi connectivity index (χ0n) is 18.7. The minimum atomic E-state index is -0.755. The van der Waals surface area contributed by atoms with Gasteiger partial charge >= 0.3 is 0 Å². The van der Waals surface area contributed by atoms with Crippen LogP contribution < -0.4 is 0 Å². The van der Waals surface area contributed by atoms with Gasteiger partial charge in [-0.2, -0.15) is 0 Å². The monoisotopic (exact) mass is 545 g/mol. The van der Waals surface area contributed by atoms with Crippen LogP contribution in [-0.2, 0) is 11.3 Å². The predicted octanol–water partition coefficient (Wildman–Crippen LogP) is 6.05. The Morgan fingerprint density at radius 3 is 2.63 bits per heavy atom. The number of aliphatic hydroxyl groups excluding tert-OH is 1. The molecule has 0 aliphatic carbocycles. The molecule has 1 aliphatic rings. The summed E-state index contributed by atoms with van der Waals surface area (Å²) < 4.78 is 0.808. The van der Waals surface area contributed by atoms with Crippen LogP contribution in [0.4, 0.5) is 0 Å². The number of aromatic nitrogens is 2. The molecule has 0 fully saturated rings. The second-order valence-electron chi connectivity index (χ2n) is 8.14. The Balaban J connectivity index is 1.59. The summed E-state index contributed by atoms with van der Waals surface area (Å²) >= 11 is 4.75. The van der Waals surface area contributed by atoms with Crippen molar-refractivity contribution in [3.63, 3.8) is 0 Å². The van der Waals surface area contributed by atoms with Crippen LogP contribution in [0.5, 0.6) is 0 Å². The minimum absolute atomic E-state index is 0.0587. The SMILES string of the molecule is Cc1nc(-c2ccccc2)sc1C(=O)C1=C(O)C(=O)N(Cc2cccnc2)C1c1cccc(Br)c1. The lowest BCUT2D eigenvalue weighted by Gasteiger charge is -2.27. The number of hydrogen-bond donors (Lipinski definition) is 1. The summed E-state index contributed by atoms with van der Waals surface area (Å²) in [5, 5.41) is 11.7. The fourth-order valence-electron chi connectivity index (χ4n) is 4.19. The third kappa shape index (κ3) is 4.42. The molecule has 1 N–H and O–H groups in total. The molecule has 5 rings (SSSR count). The molecule has 4 aromatic rings. The summed E-state index contributed by atoms with van der Waals surface area (Å²) in [6.45, 7) is 1.97. The number of hydrogen-bond acceptors (Lipinski definition) is 6.